The second-order valence-corrected chi connectivity index (χ2v) is 5.44. The molecule has 0 unspecified atom stereocenters. The summed E-state index contributed by atoms with van der Waals surface area (Å²) in [4.78, 5) is 13.2. The second-order valence-electron chi connectivity index (χ2n) is 5.44. The van der Waals surface area contributed by atoms with Crippen molar-refractivity contribution in [2.75, 3.05) is 20.1 Å². The summed E-state index contributed by atoms with van der Waals surface area (Å²) < 4.78 is 38.6. The first-order valence-corrected chi connectivity index (χ1v) is 5.60. The van der Waals surface area contributed by atoms with Crippen molar-refractivity contribution >= 4 is 5.91 Å². The maximum Gasteiger partial charge on any atom is 0.393 e. The van der Waals surface area contributed by atoms with E-state index >= 15 is 0 Å². The zero-order chi connectivity index (χ0) is 13.4. The summed E-state index contributed by atoms with van der Waals surface area (Å²) in [5.74, 6) is -3.10. The Morgan fingerprint density at radius 3 is 2.12 bits per heavy atom. The van der Waals surface area contributed by atoms with Crippen molar-refractivity contribution in [3.8, 4) is 0 Å². The Bertz CT molecular complexity index is 296. The molecule has 0 radical (unpaired) electrons. The van der Waals surface area contributed by atoms with Crippen LogP contribution in [0, 0.1) is 11.8 Å². The van der Waals surface area contributed by atoms with Gasteiger partial charge in [-0.3, -0.25) is 9.69 Å². The molecule has 1 N–H and O–H groups in total. The van der Waals surface area contributed by atoms with Crippen molar-refractivity contribution in [2.45, 2.75) is 32.5 Å². The topological polar surface area (TPSA) is 32.3 Å². The second kappa shape index (κ2) is 4.48. The minimum Gasteiger partial charge on any atom is -0.359 e. The maximum absolute atomic E-state index is 12.9. The van der Waals surface area contributed by atoms with Gasteiger partial charge in [-0.15, -0.1) is 0 Å². The molecular formula is C11H19F3N2O. The zero-order valence-electron chi connectivity index (χ0n) is 10.6. The molecule has 1 aliphatic heterocycles. The highest BCUT2D eigenvalue weighted by Crippen LogP contribution is 2.39. The van der Waals surface area contributed by atoms with Gasteiger partial charge in [0.1, 0.15) is 0 Å². The highest BCUT2D eigenvalue weighted by molar-refractivity contribution is 5.79. The van der Waals surface area contributed by atoms with Crippen molar-refractivity contribution in [2.24, 2.45) is 11.8 Å². The van der Waals surface area contributed by atoms with E-state index in [-0.39, 0.29) is 18.6 Å². The molecule has 0 bridgehead atoms. The minimum absolute atomic E-state index is 0.106. The van der Waals surface area contributed by atoms with Crippen molar-refractivity contribution < 1.29 is 18.0 Å². The Hall–Kier alpha value is -0.780. The van der Waals surface area contributed by atoms with Gasteiger partial charge in [-0.05, 0) is 20.8 Å². The van der Waals surface area contributed by atoms with Gasteiger partial charge in [0, 0.05) is 25.7 Å². The predicted octanol–water partition coefficient (Wildman–Crippen LogP) is 1.64. The van der Waals surface area contributed by atoms with E-state index in [2.05, 4.69) is 5.32 Å². The molecule has 1 fully saturated rings. The van der Waals surface area contributed by atoms with Gasteiger partial charge >= 0.3 is 6.18 Å². The molecule has 0 aliphatic carbocycles. The van der Waals surface area contributed by atoms with Crippen LogP contribution in [-0.2, 0) is 4.79 Å². The molecule has 1 rings (SSSR count). The summed E-state index contributed by atoms with van der Waals surface area (Å²) in [7, 11) is 1.37. The molecule has 2 atom stereocenters. The fourth-order valence-electron chi connectivity index (χ4n) is 2.13. The number of hydrogen-bond donors (Lipinski definition) is 1. The Labute approximate surface area is 99.4 Å². The van der Waals surface area contributed by atoms with Crippen LogP contribution in [0.3, 0.4) is 0 Å². The SMILES string of the molecule is CNC(=O)[C@@H]1CN(C(C)(C)C)C[C@H]1C(F)(F)F. The van der Waals surface area contributed by atoms with Gasteiger partial charge < -0.3 is 5.32 Å². The van der Waals surface area contributed by atoms with Crippen molar-refractivity contribution in [3.63, 3.8) is 0 Å². The first kappa shape index (κ1) is 14.3. The van der Waals surface area contributed by atoms with Crippen molar-refractivity contribution in [1.29, 1.82) is 0 Å². The summed E-state index contributed by atoms with van der Waals surface area (Å²) in [5.41, 5.74) is -0.355. The summed E-state index contributed by atoms with van der Waals surface area (Å²) in [5, 5.41) is 2.32. The number of carbonyl (C=O) groups excluding carboxylic acids is 1. The largest absolute Gasteiger partial charge is 0.393 e. The van der Waals surface area contributed by atoms with Gasteiger partial charge in [0.25, 0.3) is 0 Å². The van der Waals surface area contributed by atoms with Gasteiger partial charge in [-0.25, -0.2) is 0 Å². The summed E-state index contributed by atoms with van der Waals surface area (Å²) in [6, 6.07) is 0. The fourth-order valence-corrected chi connectivity index (χ4v) is 2.13. The van der Waals surface area contributed by atoms with E-state index in [9.17, 15) is 18.0 Å². The molecule has 6 heteroatoms. The Morgan fingerprint density at radius 1 is 1.24 bits per heavy atom. The smallest absolute Gasteiger partial charge is 0.359 e. The lowest BCUT2D eigenvalue weighted by atomic mass is 9.95. The molecule has 1 aliphatic rings. The number of hydrogen-bond acceptors (Lipinski definition) is 2. The maximum atomic E-state index is 12.9. The van der Waals surface area contributed by atoms with E-state index in [0.717, 1.165) is 0 Å². The van der Waals surface area contributed by atoms with Crippen molar-refractivity contribution in [3.05, 3.63) is 0 Å². The van der Waals surface area contributed by atoms with Gasteiger partial charge in [-0.2, -0.15) is 13.2 Å². The lowest BCUT2D eigenvalue weighted by molar-refractivity contribution is -0.183. The van der Waals surface area contributed by atoms with Crippen LogP contribution in [-0.4, -0.2) is 42.7 Å². The molecule has 1 saturated heterocycles. The van der Waals surface area contributed by atoms with E-state index in [1.54, 1.807) is 4.90 Å². The molecule has 1 heterocycles. The monoisotopic (exact) mass is 252 g/mol. The third-order valence-corrected chi connectivity index (χ3v) is 3.27. The summed E-state index contributed by atoms with van der Waals surface area (Å²) in [6.45, 7) is 5.62. The number of nitrogens with zero attached hydrogens (tertiary/aromatic N) is 1. The molecule has 1 amide bonds. The van der Waals surface area contributed by atoms with Crippen LogP contribution in [0.15, 0.2) is 0 Å². The van der Waals surface area contributed by atoms with Crippen molar-refractivity contribution in [1.82, 2.24) is 10.2 Å². The van der Waals surface area contributed by atoms with Gasteiger partial charge in [0.2, 0.25) is 5.91 Å². The standard InChI is InChI=1S/C11H19F3N2O/c1-10(2,3)16-5-7(9(17)15-4)8(6-16)11(12,13)14/h7-8H,5-6H2,1-4H3,(H,15,17)/t7-,8-/m1/s1. The number of nitrogens with one attached hydrogen (secondary N) is 1. The number of amides is 1. The number of alkyl halides is 3. The first-order valence-electron chi connectivity index (χ1n) is 5.60. The van der Waals surface area contributed by atoms with Crippen LogP contribution in [0.25, 0.3) is 0 Å². The van der Waals surface area contributed by atoms with E-state index in [1.807, 2.05) is 20.8 Å². The lowest BCUT2D eigenvalue weighted by Crippen LogP contribution is -2.40. The quantitative estimate of drug-likeness (QED) is 0.769. The molecule has 0 saturated carbocycles. The molecule has 0 aromatic heterocycles. The average molecular weight is 252 g/mol. The average Bonchev–Trinajstić information content (AvgIpc) is 2.59. The third kappa shape index (κ3) is 3.12. The van der Waals surface area contributed by atoms with Gasteiger partial charge in [0.05, 0.1) is 11.8 Å². The molecule has 0 spiro atoms. The van der Waals surface area contributed by atoms with Gasteiger partial charge in [-0.1, -0.05) is 0 Å². The van der Waals surface area contributed by atoms with Crippen LogP contribution in [0.5, 0.6) is 0 Å². The highest BCUT2D eigenvalue weighted by atomic mass is 19.4. The van der Waals surface area contributed by atoms with E-state index < -0.39 is 23.9 Å². The molecule has 100 valence electrons. The Balaban J connectivity index is 2.91. The Kier molecular flexibility index (Phi) is 3.76. The van der Waals surface area contributed by atoms with Crippen LogP contribution in [0.2, 0.25) is 0 Å². The molecule has 3 nitrogen and oxygen atoms in total. The Morgan fingerprint density at radius 2 is 1.76 bits per heavy atom. The summed E-state index contributed by atoms with van der Waals surface area (Å²) >= 11 is 0. The minimum atomic E-state index is -4.32. The van der Waals surface area contributed by atoms with E-state index in [0.29, 0.717) is 0 Å². The van der Waals surface area contributed by atoms with Crippen LogP contribution >= 0.6 is 0 Å². The highest BCUT2D eigenvalue weighted by Gasteiger charge is 2.53. The third-order valence-electron chi connectivity index (χ3n) is 3.27. The number of rotatable bonds is 1. The van der Waals surface area contributed by atoms with Gasteiger partial charge in [0.15, 0.2) is 0 Å². The van der Waals surface area contributed by atoms with E-state index in [1.165, 1.54) is 7.05 Å². The van der Waals surface area contributed by atoms with Crippen LogP contribution < -0.4 is 5.32 Å². The first-order chi connectivity index (χ1) is 7.57. The number of likely N-dealkylation sites (tertiary alicyclic amines) is 1. The molecule has 17 heavy (non-hydrogen) atoms. The summed E-state index contributed by atoms with van der Waals surface area (Å²) in [6.07, 6.45) is -4.32. The fraction of sp³-hybridized carbons (Fsp3) is 0.909. The normalized spacial score (nSPS) is 27.2. The lowest BCUT2D eigenvalue weighted by Gasteiger charge is -2.31. The zero-order valence-corrected chi connectivity index (χ0v) is 10.6. The van der Waals surface area contributed by atoms with Crippen LogP contribution in [0.4, 0.5) is 13.2 Å². The molecule has 0 aromatic rings. The predicted molar refractivity (Wildman–Crippen MR) is 58.4 cm³/mol. The molecular weight excluding hydrogens is 233 g/mol. The number of carbonyl (C=O) groups is 1. The number of halogens is 3. The van der Waals surface area contributed by atoms with E-state index in [4.69, 9.17) is 0 Å². The molecule has 0 aromatic carbocycles. The van der Waals surface area contributed by atoms with Crippen LogP contribution in [0.1, 0.15) is 20.8 Å².